The highest BCUT2D eigenvalue weighted by Crippen LogP contribution is 2.22. The Labute approximate surface area is 92.5 Å². The molecule has 0 amide bonds. The van der Waals surface area contributed by atoms with Crippen molar-refractivity contribution in [2.75, 3.05) is 6.54 Å². The molecule has 6 heteroatoms. The molecular formula is C9H15N3O2S. The quantitative estimate of drug-likeness (QED) is 0.441. The van der Waals surface area contributed by atoms with Gasteiger partial charge in [-0.1, -0.05) is 12.8 Å². The van der Waals surface area contributed by atoms with Gasteiger partial charge in [-0.15, -0.1) is 0 Å². The molecule has 84 valence electrons. The first-order valence-electron chi connectivity index (χ1n) is 5.03. The minimum absolute atomic E-state index is 0.131. The van der Waals surface area contributed by atoms with Gasteiger partial charge in [-0.3, -0.25) is 10.1 Å². The van der Waals surface area contributed by atoms with Gasteiger partial charge in [-0.25, -0.2) is 4.98 Å². The van der Waals surface area contributed by atoms with Crippen molar-refractivity contribution in [1.82, 2.24) is 4.98 Å². The molecule has 15 heavy (non-hydrogen) atoms. The van der Waals surface area contributed by atoms with Crippen LogP contribution in [-0.4, -0.2) is 16.5 Å². The van der Waals surface area contributed by atoms with Crippen LogP contribution < -0.4 is 5.73 Å². The fourth-order valence-corrected chi connectivity index (χ4v) is 2.05. The van der Waals surface area contributed by atoms with Gasteiger partial charge in [0.25, 0.3) is 0 Å². The lowest BCUT2D eigenvalue weighted by atomic mass is 10.1. The van der Waals surface area contributed by atoms with Crippen molar-refractivity contribution < 1.29 is 4.92 Å². The van der Waals surface area contributed by atoms with Crippen LogP contribution >= 0.6 is 11.3 Å². The summed E-state index contributed by atoms with van der Waals surface area (Å²) >= 11 is 1.17. The van der Waals surface area contributed by atoms with Gasteiger partial charge in [-0.05, 0) is 37.1 Å². The fraction of sp³-hybridized carbons (Fsp3) is 0.667. The molecule has 0 fully saturated rings. The third kappa shape index (κ3) is 4.35. The molecule has 1 rings (SSSR count). The topological polar surface area (TPSA) is 82.0 Å². The normalized spacial score (nSPS) is 10.5. The molecule has 0 bridgehead atoms. The van der Waals surface area contributed by atoms with E-state index in [-0.39, 0.29) is 5.00 Å². The van der Waals surface area contributed by atoms with Gasteiger partial charge in [0, 0.05) is 0 Å². The first kappa shape index (κ1) is 12.1. The maximum Gasteiger partial charge on any atom is 0.343 e. The Morgan fingerprint density at radius 1 is 1.40 bits per heavy atom. The highest BCUT2D eigenvalue weighted by molar-refractivity contribution is 7.14. The maximum absolute atomic E-state index is 10.4. The SMILES string of the molecule is NCCCCCCc1ncc([N+](=O)[O-])s1. The van der Waals surface area contributed by atoms with E-state index < -0.39 is 4.92 Å². The minimum atomic E-state index is -0.393. The van der Waals surface area contributed by atoms with Gasteiger partial charge in [0.1, 0.15) is 6.20 Å². The third-order valence-electron chi connectivity index (χ3n) is 2.07. The Morgan fingerprint density at radius 2 is 2.13 bits per heavy atom. The Balaban J connectivity index is 2.23. The monoisotopic (exact) mass is 229 g/mol. The largest absolute Gasteiger partial charge is 0.343 e. The molecule has 1 aromatic rings. The smallest absolute Gasteiger partial charge is 0.330 e. The molecule has 1 aromatic heterocycles. The zero-order valence-electron chi connectivity index (χ0n) is 8.52. The second-order valence-electron chi connectivity index (χ2n) is 3.30. The molecule has 2 N–H and O–H groups in total. The van der Waals surface area contributed by atoms with Gasteiger partial charge >= 0.3 is 5.00 Å². The highest BCUT2D eigenvalue weighted by atomic mass is 32.1. The molecule has 0 aliphatic heterocycles. The zero-order valence-corrected chi connectivity index (χ0v) is 9.33. The predicted octanol–water partition coefficient (Wildman–Crippen LogP) is 2.11. The van der Waals surface area contributed by atoms with Crippen LogP contribution in [0.4, 0.5) is 5.00 Å². The molecule has 0 aromatic carbocycles. The van der Waals surface area contributed by atoms with E-state index in [9.17, 15) is 10.1 Å². The van der Waals surface area contributed by atoms with Gasteiger partial charge < -0.3 is 5.73 Å². The molecule has 0 atom stereocenters. The molecule has 0 unspecified atom stereocenters. The molecule has 0 aliphatic rings. The van der Waals surface area contributed by atoms with E-state index in [2.05, 4.69) is 4.98 Å². The standard InChI is InChI=1S/C9H15N3O2S/c10-6-4-2-1-3-5-8-11-7-9(15-8)12(13)14/h7H,1-6,10H2. The minimum Gasteiger partial charge on any atom is -0.330 e. The number of nitrogens with zero attached hydrogens (tertiary/aromatic N) is 2. The predicted molar refractivity (Wildman–Crippen MR) is 60.0 cm³/mol. The van der Waals surface area contributed by atoms with Crippen molar-refractivity contribution in [2.24, 2.45) is 5.73 Å². The van der Waals surface area contributed by atoms with Crippen LogP contribution in [-0.2, 0) is 6.42 Å². The maximum atomic E-state index is 10.4. The van der Waals surface area contributed by atoms with Crippen molar-refractivity contribution >= 4 is 16.3 Å². The summed E-state index contributed by atoms with van der Waals surface area (Å²) in [6.45, 7) is 0.739. The number of unbranched alkanes of at least 4 members (excludes halogenated alkanes) is 3. The molecular weight excluding hydrogens is 214 g/mol. The summed E-state index contributed by atoms with van der Waals surface area (Å²) in [5.41, 5.74) is 5.37. The van der Waals surface area contributed by atoms with Gasteiger partial charge in [0.05, 0.1) is 9.93 Å². The fourth-order valence-electron chi connectivity index (χ4n) is 1.27. The van der Waals surface area contributed by atoms with Gasteiger partial charge in [0.2, 0.25) is 0 Å². The molecule has 0 saturated carbocycles. The Morgan fingerprint density at radius 3 is 2.73 bits per heavy atom. The summed E-state index contributed by atoms with van der Waals surface area (Å²) in [5.74, 6) is 0. The molecule has 5 nitrogen and oxygen atoms in total. The summed E-state index contributed by atoms with van der Waals surface area (Å²) in [6.07, 6.45) is 6.50. The highest BCUT2D eigenvalue weighted by Gasteiger charge is 2.10. The average molecular weight is 229 g/mol. The van der Waals surface area contributed by atoms with E-state index in [1.807, 2.05) is 0 Å². The van der Waals surface area contributed by atoms with E-state index in [0.29, 0.717) is 0 Å². The van der Waals surface area contributed by atoms with E-state index in [4.69, 9.17) is 5.73 Å². The Kier molecular flexibility index (Phi) is 5.20. The Bertz CT molecular complexity index is 314. The van der Waals surface area contributed by atoms with Crippen LogP contribution in [0.5, 0.6) is 0 Å². The van der Waals surface area contributed by atoms with Gasteiger partial charge in [0.15, 0.2) is 0 Å². The van der Waals surface area contributed by atoms with Crippen molar-refractivity contribution in [1.29, 1.82) is 0 Å². The number of thiazole rings is 1. The third-order valence-corrected chi connectivity index (χ3v) is 3.07. The van der Waals surface area contributed by atoms with Gasteiger partial charge in [-0.2, -0.15) is 0 Å². The van der Waals surface area contributed by atoms with E-state index in [0.717, 1.165) is 43.7 Å². The number of nitrogens with two attached hydrogens (primary N) is 1. The van der Waals surface area contributed by atoms with Crippen molar-refractivity contribution in [3.63, 3.8) is 0 Å². The summed E-state index contributed by atoms with van der Waals surface area (Å²) in [5, 5.41) is 11.4. The second kappa shape index (κ2) is 6.47. The number of aromatic nitrogens is 1. The second-order valence-corrected chi connectivity index (χ2v) is 4.40. The number of rotatable bonds is 7. The Hall–Kier alpha value is -1.01. The number of nitro groups is 1. The van der Waals surface area contributed by atoms with Crippen LogP contribution in [0.15, 0.2) is 6.20 Å². The number of hydrogen-bond acceptors (Lipinski definition) is 5. The lowest BCUT2D eigenvalue weighted by molar-refractivity contribution is -0.380. The number of hydrogen-bond donors (Lipinski definition) is 1. The lowest BCUT2D eigenvalue weighted by Gasteiger charge is -1.96. The lowest BCUT2D eigenvalue weighted by Crippen LogP contribution is -1.97. The summed E-state index contributed by atoms with van der Waals surface area (Å²) in [7, 11) is 0. The van der Waals surface area contributed by atoms with Crippen LogP contribution in [0.25, 0.3) is 0 Å². The molecule has 0 saturated heterocycles. The van der Waals surface area contributed by atoms with E-state index >= 15 is 0 Å². The molecule has 0 aliphatic carbocycles. The van der Waals surface area contributed by atoms with Crippen LogP contribution in [0.3, 0.4) is 0 Å². The summed E-state index contributed by atoms with van der Waals surface area (Å²) in [6, 6.07) is 0. The van der Waals surface area contributed by atoms with Crippen molar-refractivity contribution in [3.05, 3.63) is 21.3 Å². The zero-order chi connectivity index (χ0) is 11.1. The molecule has 1 heterocycles. The first-order chi connectivity index (χ1) is 7.24. The molecule has 0 spiro atoms. The number of aryl methyl sites for hydroxylation is 1. The summed E-state index contributed by atoms with van der Waals surface area (Å²) in [4.78, 5) is 14.0. The van der Waals surface area contributed by atoms with Crippen LogP contribution in [0, 0.1) is 10.1 Å². The van der Waals surface area contributed by atoms with Crippen LogP contribution in [0.1, 0.15) is 30.7 Å². The molecule has 0 radical (unpaired) electrons. The van der Waals surface area contributed by atoms with Crippen molar-refractivity contribution in [3.8, 4) is 0 Å². The summed E-state index contributed by atoms with van der Waals surface area (Å²) < 4.78 is 0. The van der Waals surface area contributed by atoms with E-state index in [1.54, 1.807) is 0 Å². The average Bonchev–Trinajstić information content (AvgIpc) is 2.66. The van der Waals surface area contributed by atoms with Crippen molar-refractivity contribution in [2.45, 2.75) is 32.1 Å². The van der Waals surface area contributed by atoms with E-state index in [1.165, 1.54) is 17.5 Å². The first-order valence-corrected chi connectivity index (χ1v) is 5.85. The van der Waals surface area contributed by atoms with Crippen LogP contribution in [0.2, 0.25) is 0 Å².